The fraction of sp³-hybridized carbons (Fsp3) is 0.111. The van der Waals surface area contributed by atoms with Gasteiger partial charge in [0.1, 0.15) is 11.6 Å². The number of amides is 2. The first-order chi connectivity index (χ1) is 12.4. The Morgan fingerprint density at radius 3 is 2.31 bits per heavy atom. The number of carbonyl (C=O) groups is 2. The summed E-state index contributed by atoms with van der Waals surface area (Å²) in [5.74, 6) is -0.606. The Morgan fingerprint density at radius 1 is 1.00 bits per heavy atom. The highest BCUT2D eigenvalue weighted by Crippen LogP contribution is 2.15. The number of hydrogen-bond donors (Lipinski definition) is 3. The van der Waals surface area contributed by atoms with Crippen molar-refractivity contribution < 1.29 is 18.7 Å². The van der Waals surface area contributed by atoms with Crippen LogP contribution in [0.15, 0.2) is 65.3 Å². The lowest BCUT2D eigenvalue weighted by molar-refractivity contribution is -0.124. The highest BCUT2D eigenvalue weighted by atomic mass is 79.9. The Kier molecular flexibility index (Phi) is 7.16. The molecular weight excluding hydrogens is 405 g/mol. The van der Waals surface area contributed by atoms with Crippen LogP contribution in [0.4, 0.5) is 10.1 Å². The van der Waals surface area contributed by atoms with E-state index in [4.69, 9.17) is 4.74 Å². The van der Waals surface area contributed by atoms with Gasteiger partial charge in [-0.3, -0.25) is 15.0 Å². The van der Waals surface area contributed by atoms with E-state index >= 15 is 0 Å². The van der Waals surface area contributed by atoms with Crippen molar-refractivity contribution in [1.82, 2.24) is 10.9 Å². The second kappa shape index (κ2) is 9.57. The molecule has 0 aliphatic carbocycles. The quantitative estimate of drug-likeness (QED) is 0.572. The van der Waals surface area contributed by atoms with Crippen LogP contribution >= 0.6 is 15.9 Å². The summed E-state index contributed by atoms with van der Waals surface area (Å²) < 4.78 is 19.0. The van der Waals surface area contributed by atoms with E-state index in [-0.39, 0.29) is 24.8 Å². The fourth-order valence-corrected chi connectivity index (χ4v) is 2.11. The number of rotatable bonds is 8. The Labute approximate surface area is 158 Å². The maximum atomic E-state index is 12.8. The molecule has 6 nitrogen and oxygen atoms in total. The Balaban J connectivity index is 1.67. The molecule has 0 radical (unpaired) electrons. The number of halogens is 2. The molecule has 0 aliphatic heterocycles. The Bertz CT molecular complexity index is 779. The van der Waals surface area contributed by atoms with Crippen molar-refractivity contribution in [3.63, 3.8) is 0 Å². The van der Waals surface area contributed by atoms with Gasteiger partial charge in [-0.25, -0.2) is 4.39 Å². The Morgan fingerprint density at radius 2 is 1.65 bits per heavy atom. The van der Waals surface area contributed by atoms with Crippen molar-refractivity contribution in [2.24, 2.45) is 0 Å². The molecule has 136 valence electrons. The second-order valence-electron chi connectivity index (χ2n) is 5.25. The fourth-order valence-electron chi connectivity index (χ4n) is 1.85. The van der Waals surface area contributed by atoms with E-state index in [1.165, 1.54) is 24.3 Å². The van der Waals surface area contributed by atoms with Crippen molar-refractivity contribution in [3.05, 3.63) is 71.1 Å². The van der Waals surface area contributed by atoms with E-state index in [0.717, 1.165) is 4.47 Å². The first-order valence-corrected chi connectivity index (χ1v) is 8.38. The lowest BCUT2D eigenvalue weighted by Crippen LogP contribution is -2.40. The summed E-state index contributed by atoms with van der Waals surface area (Å²) in [4.78, 5) is 23.6. The standard InChI is InChI=1S/C18H17BrFN3O3/c1-12(10-17(24)21-15-6-4-14(20)5-7-15)22-23-18(25)11-26-16-8-2-13(19)3-9-16/h2-9,22H,1,10-11H2,(H,21,24)(H,23,25). The van der Waals surface area contributed by atoms with Crippen LogP contribution in [0.5, 0.6) is 5.75 Å². The topological polar surface area (TPSA) is 79.5 Å². The summed E-state index contributed by atoms with van der Waals surface area (Å²) >= 11 is 3.31. The number of carbonyl (C=O) groups excluding carboxylic acids is 2. The molecule has 0 heterocycles. The van der Waals surface area contributed by atoms with E-state index in [9.17, 15) is 14.0 Å². The van der Waals surface area contributed by atoms with Crippen LogP contribution < -0.4 is 20.9 Å². The molecular formula is C18H17BrFN3O3. The molecule has 2 aromatic carbocycles. The van der Waals surface area contributed by atoms with Gasteiger partial charge in [-0.05, 0) is 48.5 Å². The molecule has 0 atom stereocenters. The van der Waals surface area contributed by atoms with Crippen LogP contribution in [0.25, 0.3) is 0 Å². The van der Waals surface area contributed by atoms with Gasteiger partial charge in [-0.1, -0.05) is 22.5 Å². The van der Waals surface area contributed by atoms with Gasteiger partial charge >= 0.3 is 0 Å². The molecule has 0 fully saturated rings. The molecule has 26 heavy (non-hydrogen) atoms. The molecule has 0 aromatic heterocycles. The number of hydrogen-bond acceptors (Lipinski definition) is 4. The summed E-state index contributed by atoms with van der Waals surface area (Å²) in [6, 6.07) is 12.4. The summed E-state index contributed by atoms with van der Waals surface area (Å²) in [5, 5.41) is 2.59. The van der Waals surface area contributed by atoms with Gasteiger partial charge in [0.25, 0.3) is 5.91 Å². The van der Waals surface area contributed by atoms with Crippen LogP contribution in [-0.4, -0.2) is 18.4 Å². The van der Waals surface area contributed by atoms with Crippen LogP contribution in [0.1, 0.15) is 6.42 Å². The zero-order valence-corrected chi connectivity index (χ0v) is 15.3. The molecule has 0 unspecified atom stereocenters. The monoisotopic (exact) mass is 421 g/mol. The van der Waals surface area contributed by atoms with Crippen LogP contribution in [0.2, 0.25) is 0 Å². The molecule has 0 aliphatic rings. The van der Waals surface area contributed by atoms with Gasteiger partial charge in [-0.15, -0.1) is 0 Å². The summed E-state index contributed by atoms with van der Waals surface area (Å²) in [6.45, 7) is 3.47. The summed E-state index contributed by atoms with van der Waals surface area (Å²) in [6.07, 6.45) is -0.0643. The number of hydrazine groups is 1. The zero-order chi connectivity index (χ0) is 18.9. The smallest absolute Gasteiger partial charge is 0.276 e. The number of ether oxygens (including phenoxy) is 1. The van der Waals surface area contributed by atoms with Crippen molar-refractivity contribution in [2.45, 2.75) is 6.42 Å². The van der Waals surface area contributed by atoms with Crippen molar-refractivity contribution >= 4 is 33.4 Å². The predicted octanol–water partition coefficient (Wildman–Crippen LogP) is 3.13. The lowest BCUT2D eigenvalue weighted by Gasteiger charge is -2.12. The summed E-state index contributed by atoms with van der Waals surface area (Å²) in [5.41, 5.74) is 5.70. The van der Waals surface area contributed by atoms with E-state index < -0.39 is 5.91 Å². The molecule has 0 saturated heterocycles. The third-order valence-corrected chi connectivity index (χ3v) is 3.59. The van der Waals surface area contributed by atoms with Gasteiger partial charge in [0.05, 0.1) is 6.42 Å². The summed E-state index contributed by atoms with van der Waals surface area (Å²) in [7, 11) is 0. The molecule has 2 amide bonds. The normalized spacial score (nSPS) is 9.92. The molecule has 2 aromatic rings. The zero-order valence-electron chi connectivity index (χ0n) is 13.7. The van der Waals surface area contributed by atoms with E-state index in [0.29, 0.717) is 17.1 Å². The average Bonchev–Trinajstić information content (AvgIpc) is 2.61. The van der Waals surface area contributed by atoms with Gasteiger partial charge in [0.2, 0.25) is 5.91 Å². The molecule has 0 bridgehead atoms. The minimum Gasteiger partial charge on any atom is -0.484 e. The second-order valence-corrected chi connectivity index (χ2v) is 6.17. The highest BCUT2D eigenvalue weighted by molar-refractivity contribution is 9.10. The minimum atomic E-state index is -0.423. The maximum absolute atomic E-state index is 12.8. The molecule has 8 heteroatoms. The third-order valence-electron chi connectivity index (χ3n) is 3.06. The third kappa shape index (κ3) is 6.94. The molecule has 3 N–H and O–H groups in total. The van der Waals surface area contributed by atoms with E-state index in [2.05, 4.69) is 38.7 Å². The van der Waals surface area contributed by atoms with Crippen LogP contribution in [0, 0.1) is 5.82 Å². The average molecular weight is 422 g/mol. The van der Waals surface area contributed by atoms with Crippen molar-refractivity contribution in [1.29, 1.82) is 0 Å². The van der Waals surface area contributed by atoms with E-state index in [1.807, 2.05) is 0 Å². The molecule has 0 spiro atoms. The molecule has 2 rings (SSSR count). The first-order valence-electron chi connectivity index (χ1n) is 7.59. The minimum absolute atomic E-state index is 0.0643. The molecule has 0 saturated carbocycles. The Hall–Kier alpha value is -2.87. The van der Waals surface area contributed by atoms with Gasteiger partial charge in [0, 0.05) is 15.9 Å². The number of anilines is 1. The van der Waals surface area contributed by atoms with Crippen LogP contribution in [0.3, 0.4) is 0 Å². The largest absolute Gasteiger partial charge is 0.484 e. The van der Waals surface area contributed by atoms with Crippen LogP contribution in [-0.2, 0) is 9.59 Å². The lowest BCUT2D eigenvalue weighted by atomic mass is 10.3. The SMILES string of the molecule is C=C(CC(=O)Nc1ccc(F)cc1)NNC(=O)COc1ccc(Br)cc1. The highest BCUT2D eigenvalue weighted by Gasteiger charge is 2.07. The number of benzene rings is 2. The number of nitrogens with one attached hydrogen (secondary N) is 3. The van der Waals surface area contributed by atoms with E-state index in [1.54, 1.807) is 24.3 Å². The van der Waals surface area contributed by atoms with Crippen molar-refractivity contribution in [3.8, 4) is 5.75 Å². The van der Waals surface area contributed by atoms with Gasteiger partial charge in [-0.2, -0.15) is 0 Å². The van der Waals surface area contributed by atoms with Gasteiger partial charge < -0.3 is 15.5 Å². The maximum Gasteiger partial charge on any atom is 0.276 e. The van der Waals surface area contributed by atoms with Gasteiger partial charge in [0.15, 0.2) is 6.61 Å². The van der Waals surface area contributed by atoms with Crippen molar-refractivity contribution in [2.75, 3.05) is 11.9 Å². The first kappa shape index (κ1) is 19.5. The predicted molar refractivity (Wildman–Crippen MR) is 99.7 cm³/mol.